The fraction of sp³-hybridized carbons (Fsp3) is 0.250. The van der Waals surface area contributed by atoms with Crippen molar-refractivity contribution >= 4 is 11.6 Å². The van der Waals surface area contributed by atoms with Crippen LogP contribution in [0.25, 0.3) is 0 Å². The zero-order valence-corrected chi connectivity index (χ0v) is 14.9. The molecule has 2 heterocycles. The molecule has 1 aromatic heterocycles. The highest BCUT2D eigenvalue weighted by Gasteiger charge is 2.27. The Morgan fingerprint density at radius 2 is 2.11 bits per heavy atom. The number of hydrogen-bond donors (Lipinski definition) is 1. The van der Waals surface area contributed by atoms with Gasteiger partial charge in [-0.05, 0) is 41.8 Å². The van der Waals surface area contributed by atoms with Crippen LogP contribution in [0.15, 0.2) is 48.5 Å². The molecule has 0 bridgehead atoms. The third kappa shape index (κ3) is 3.59. The number of halogens is 1. The first-order chi connectivity index (χ1) is 13.1. The number of rotatable bonds is 4. The van der Waals surface area contributed by atoms with E-state index >= 15 is 0 Å². The first kappa shape index (κ1) is 17.4. The molecule has 1 atom stereocenters. The molecule has 4 rings (SSSR count). The van der Waals surface area contributed by atoms with E-state index in [1.165, 1.54) is 12.1 Å². The van der Waals surface area contributed by atoms with Crippen LogP contribution in [0.3, 0.4) is 0 Å². The number of benzene rings is 2. The van der Waals surface area contributed by atoms with Crippen molar-refractivity contribution in [1.29, 1.82) is 0 Å². The minimum Gasteiger partial charge on any atom is -0.365 e. The number of fused-ring (bicyclic) bond motifs is 1. The molecule has 138 valence electrons. The Morgan fingerprint density at radius 1 is 1.30 bits per heavy atom. The van der Waals surface area contributed by atoms with E-state index in [1.54, 1.807) is 16.8 Å². The Hall–Kier alpha value is -3.06. The highest BCUT2D eigenvalue weighted by atomic mass is 19.1. The number of nitrogens with one attached hydrogen (secondary N) is 1. The van der Waals surface area contributed by atoms with Crippen LogP contribution in [0.1, 0.15) is 40.3 Å². The summed E-state index contributed by atoms with van der Waals surface area (Å²) in [4.78, 5) is 12.6. The van der Waals surface area contributed by atoms with Crippen molar-refractivity contribution in [2.75, 3.05) is 5.32 Å². The molecule has 1 unspecified atom stereocenters. The summed E-state index contributed by atoms with van der Waals surface area (Å²) in [6.07, 6.45) is 0.640. The lowest BCUT2D eigenvalue weighted by Gasteiger charge is -2.24. The first-order valence-corrected chi connectivity index (χ1v) is 8.83. The predicted molar refractivity (Wildman–Crippen MR) is 97.7 cm³/mol. The van der Waals surface area contributed by atoms with E-state index in [0.29, 0.717) is 12.2 Å². The maximum Gasteiger partial charge on any atom is 0.278 e. The average Bonchev–Trinajstić information content (AvgIpc) is 3.12. The highest BCUT2D eigenvalue weighted by molar-refractivity contribution is 6.03. The molecule has 0 fully saturated rings. The van der Waals surface area contributed by atoms with Crippen molar-refractivity contribution in [1.82, 2.24) is 15.0 Å². The maximum atomic E-state index is 13.1. The number of aryl methyl sites for hydroxylation is 1. The van der Waals surface area contributed by atoms with Gasteiger partial charge in [-0.1, -0.05) is 36.4 Å². The molecule has 27 heavy (non-hydrogen) atoms. The summed E-state index contributed by atoms with van der Waals surface area (Å²) in [5.74, 6) is -0.601. The minimum absolute atomic E-state index is 0.215. The van der Waals surface area contributed by atoms with Crippen molar-refractivity contribution in [2.45, 2.75) is 32.6 Å². The van der Waals surface area contributed by atoms with Gasteiger partial charge in [0, 0.05) is 5.69 Å². The Morgan fingerprint density at radius 3 is 2.89 bits per heavy atom. The van der Waals surface area contributed by atoms with Crippen LogP contribution in [0.5, 0.6) is 0 Å². The van der Waals surface area contributed by atoms with E-state index in [-0.39, 0.29) is 30.1 Å². The van der Waals surface area contributed by atoms with Gasteiger partial charge in [-0.25, -0.2) is 9.07 Å². The van der Waals surface area contributed by atoms with Crippen molar-refractivity contribution in [3.8, 4) is 0 Å². The van der Waals surface area contributed by atoms with Gasteiger partial charge in [0.05, 0.1) is 18.8 Å². The predicted octanol–water partition coefficient (Wildman–Crippen LogP) is 3.50. The van der Waals surface area contributed by atoms with E-state index in [0.717, 1.165) is 23.2 Å². The van der Waals surface area contributed by atoms with E-state index in [1.807, 2.05) is 24.3 Å². The summed E-state index contributed by atoms with van der Waals surface area (Å²) in [7, 11) is 0. The first-order valence-electron chi connectivity index (χ1n) is 8.83. The second-order valence-corrected chi connectivity index (χ2v) is 6.43. The van der Waals surface area contributed by atoms with E-state index in [2.05, 4.69) is 22.6 Å². The van der Waals surface area contributed by atoms with Crippen molar-refractivity contribution in [3.63, 3.8) is 0 Å². The molecule has 1 aliphatic heterocycles. The molecule has 0 radical (unpaired) electrons. The Balaban J connectivity index is 1.50. The zero-order chi connectivity index (χ0) is 18.8. The SMILES string of the molecule is CCc1cccc(NC(=O)c2nnn3c2COC(c2ccc(F)cc2)C3)c1. The summed E-state index contributed by atoms with van der Waals surface area (Å²) >= 11 is 0. The van der Waals surface area contributed by atoms with Gasteiger partial charge in [-0.3, -0.25) is 4.79 Å². The fourth-order valence-electron chi connectivity index (χ4n) is 3.13. The van der Waals surface area contributed by atoms with Crippen LogP contribution in [0.2, 0.25) is 0 Å². The maximum absolute atomic E-state index is 13.1. The summed E-state index contributed by atoms with van der Waals surface area (Å²) in [5.41, 5.74) is 3.62. The lowest BCUT2D eigenvalue weighted by molar-refractivity contribution is -0.00174. The van der Waals surface area contributed by atoms with Crippen LogP contribution in [0, 0.1) is 5.82 Å². The molecule has 0 saturated heterocycles. The van der Waals surface area contributed by atoms with Gasteiger partial charge in [-0.2, -0.15) is 0 Å². The number of ether oxygens (including phenoxy) is 1. The third-order valence-corrected chi connectivity index (χ3v) is 4.65. The Labute approximate surface area is 156 Å². The van der Waals surface area contributed by atoms with E-state index in [9.17, 15) is 9.18 Å². The molecule has 0 saturated carbocycles. The smallest absolute Gasteiger partial charge is 0.278 e. The highest BCUT2D eigenvalue weighted by Crippen LogP contribution is 2.27. The number of amides is 1. The van der Waals surface area contributed by atoms with Gasteiger partial charge in [0.15, 0.2) is 5.69 Å². The fourth-order valence-corrected chi connectivity index (χ4v) is 3.13. The number of carbonyl (C=O) groups is 1. The van der Waals surface area contributed by atoms with Gasteiger partial charge in [-0.15, -0.1) is 5.10 Å². The van der Waals surface area contributed by atoms with E-state index in [4.69, 9.17) is 4.74 Å². The number of nitrogens with zero attached hydrogens (tertiary/aromatic N) is 3. The lowest BCUT2D eigenvalue weighted by atomic mass is 10.1. The van der Waals surface area contributed by atoms with E-state index < -0.39 is 0 Å². The molecule has 1 aliphatic rings. The normalized spacial score (nSPS) is 16.0. The van der Waals surface area contributed by atoms with Crippen molar-refractivity contribution in [2.24, 2.45) is 0 Å². The van der Waals surface area contributed by atoms with Crippen LogP contribution in [-0.2, 0) is 24.3 Å². The molecule has 1 N–H and O–H groups in total. The molecule has 3 aromatic rings. The monoisotopic (exact) mass is 366 g/mol. The molecular weight excluding hydrogens is 347 g/mol. The molecular formula is C20H19FN4O2. The van der Waals surface area contributed by atoms with Crippen LogP contribution < -0.4 is 5.32 Å². The molecule has 2 aromatic carbocycles. The second-order valence-electron chi connectivity index (χ2n) is 6.43. The largest absolute Gasteiger partial charge is 0.365 e. The summed E-state index contributed by atoms with van der Waals surface area (Å²) in [5, 5.41) is 11.0. The lowest BCUT2D eigenvalue weighted by Crippen LogP contribution is -2.24. The van der Waals surface area contributed by atoms with Gasteiger partial charge >= 0.3 is 0 Å². The molecule has 0 aliphatic carbocycles. The molecule has 1 amide bonds. The van der Waals surface area contributed by atoms with Gasteiger partial charge in [0.2, 0.25) is 0 Å². The summed E-state index contributed by atoms with van der Waals surface area (Å²) in [6, 6.07) is 13.9. The Bertz CT molecular complexity index is 968. The average molecular weight is 366 g/mol. The number of anilines is 1. The molecule has 7 heteroatoms. The number of hydrogen-bond acceptors (Lipinski definition) is 4. The zero-order valence-electron chi connectivity index (χ0n) is 14.9. The quantitative estimate of drug-likeness (QED) is 0.767. The number of aromatic nitrogens is 3. The molecule has 0 spiro atoms. The Kier molecular flexibility index (Phi) is 4.68. The van der Waals surface area contributed by atoms with Gasteiger partial charge in [0.1, 0.15) is 11.9 Å². The topological polar surface area (TPSA) is 69.0 Å². The van der Waals surface area contributed by atoms with Gasteiger partial charge in [0.25, 0.3) is 5.91 Å². The minimum atomic E-state index is -0.312. The van der Waals surface area contributed by atoms with Crippen LogP contribution >= 0.6 is 0 Å². The standard InChI is InChI=1S/C20H19FN4O2/c1-2-13-4-3-5-16(10-13)22-20(26)19-17-12-27-18(11-25(17)24-23-19)14-6-8-15(21)9-7-14/h3-10,18H,2,11-12H2,1H3,(H,22,26). The second kappa shape index (κ2) is 7.28. The summed E-state index contributed by atoms with van der Waals surface area (Å²) < 4.78 is 20.6. The van der Waals surface area contributed by atoms with Crippen LogP contribution in [-0.4, -0.2) is 20.9 Å². The van der Waals surface area contributed by atoms with Crippen molar-refractivity contribution in [3.05, 3.63) is 76.9 Å². The third-order valence-electron chi connectivity index (χ3n) is 4.65. The van der Waals surface area contributed by atoms with Crippen molar-refractivity contribution < 1.29 is 13.9 Å². The van der Waals surface area contributed by atoms with Gasteiger partial charge < -0.3 is 10.1 Å². The molecule has 6 nitrogen and oxygen atoms in total. The number of carbonyl (C=O) groups excluding carboxylic acids is 1. The summed E-state index contributed by atoms with van der Waals surface area (Å²) in [6.45, 7) is 2.70. The van der Waals surface area contributed by atoms with Crippen LogP contribution in [0.4, 0.5) is 10.1 Å².